The second-order valence-electron chi connectivity index (χ2n) is 6.45. The van der Waals surface area contributed by atoms with Crippen molar-refractivity contribution in [2.24, 2.45) is 0 Å². The summed E-state index contributed by atoms with van der Waals surface area (Å²) in [5.74, 6) is -0.780. The van der Waals surface area contributed by atoms with Crippen molar-refractivity contribution in [3.05, 3.63) is 42.0 Å². The van der Waals surface area contributed by atoms with Gasteiger partial charge in [-0.15, -0.1) is 5.10 Å². The summed E-state index contributed by atoms with van der Waals surface area (Å²) in [7, 11) is 0. The summed E-state index contributed by atoms with van der Waals surface area (Å²) in [6.07, 6.45) is 5.26. The molecule has 1 N–H and O–H groups in total. The van der Waals surface area contributed by atoms with E-state index in [0.717, 1.165) is 25.7 Å². The molecule has 2 heterocycles. The Morgan fingerprint density at radius 3 is 2.76 bits per heavy atom. The van der Waals surface area contributed by atoms with Crippen LogP contribution in [0.15, 0.2) is 30.5 Å². The van der Waals surface area contributed by atoms with Crippen molar-refractivity contribution < 1.29 is 14.0 Å². The number of nitrogens with zero attached hydrogens (tertiary/aromatic N) is 4. The first-order valence-electron chi connectivity index (χ1n) is 8.40. The molecule has 2 aromatic rings. The number of piperazine rings is 1. The third-order valence-corrected chi connectivity index (χ3v) is 4.82. The van der Waals surface area contributed by atoms with Crippen LogP contribution in [0.3, 0.4) is 0 Å². The number of aromatic nitrogens is 3. The van der Waals surface area contributed by atoms with E-state index >= 15 is 0 Å². The van der Waals surface area contributed by atoms with Gasteiger partial charge in [0.15, 0.2) is 5.69 Å². The summed E-state index contributed by atoms with van der Waals surface area (Å²) in [5, 5.41) is 11.3. The molecule has 0 bridgehead atoms. The van der Waals surface area contributed by atoms with Gasteiger partial charge in [-0.05, 0) is 37.1 Å². The Hall–Kier alpha value is -2.77. The SMILES string of the molecule is O=C1CN(C(=O)c2cnn(-c3ccc(F)cc3)n2)[C@H]2CCCC[C@@H]2N1. The Morgan fingerprint density at radius 1 is 1.20 bits per heavy atom. The minimum Gasteiger partial charge on any atom is -0.350 e. The van der Waals surface area contributed by atoms with Crippen LogP contribution in [0.4, 0.5) is 4.39 Å². The first kappa shape index (κ1) is 15.7. The summed E-state index contributed by atoms with van der Waals surface area (Å²) in [4.78, 5) is 27.7. The Bertz CT molecular complexity index is 804. The lowest BCUT2D eigenvalue weighted by atomic mass is 9.87. The Kier molecular flexibility index (Phi) is 3.95. The van der Waals surface area contributed by atoms with Crippen molar-refractivity contribution in [2.75, 3.05) is 6.54 Å². The number of rotatable bonds is 2. The zero-order valence-corrected chi connectivity index (χ0v) is 13.6. The molecule has 1 aromatic carbocycles. The highest BCUT2D eigenvalue weighted by molar-refractivity contribution is 5.95. The molecular formula is C17H18FN5O2. The number of benzene rings is 1. The van der Waals surface area contributed by atoms with Crippen LogP contribution in [-0.4, -0.2) is 50.3 Å². The molecule has 1 aliphatic carbocycles. The molecule has 1 saturated heterocycles. The molecule has 2 aliphatic rings. The highest BCUT2D eigenvalue weighted by Crippen LogP contribution is 2.26. The summed E-state index contributed by atoms with van der Waals surface area (Å²) in [6, 6.07) is 5.72. The number of nitrogens with one attached hydrogen (secondary N) is 1. The maximum Gasteiger partial charge on any atom is 0.276 e. The van der Waals surface area contributed by atoms with E-state index in [4.69, 9.17) is 0 Å². The van der Waals surface area contributed by atoms with E-state index in [1.807, 2.05) is 0 Å². The molecule has 2 fully saturated rings. The number of amides is 2. The topological polar surface area (TPSA) is 80.1 Å². The summed E-state index contributed by atoms with van der Waals surface area (Å²) < 4.78 is 13.0. The van der Waals surface area contributed by atoms with Crippen LogP contribution in [0.1, 0.15) is 36.2 Å². The predicted molar refractivity (Wildman–Crippen MR) is 86.5 cm³/mol. The van der Waals surface area contributed by atoms with Gasteiger partial charge in [-0.3, -0.25) is 9.59 Å². The molecule has 2 atom stereocenters. The van der Waals surface area contributed by atoms with Crippen molar-refractivity contribution in [1.29, 1.82) is 0 Å². The van der Waals surface area contributed by atoms with Crippen LogP contribution in [0.5, 0.6) is 0 Å². The molecule has 25 heavy (non-hydrogen) atoms. The van der Waals surface area contributed by atoms with Gasteiger partial charge in [0, 0.05) is 6.04 Å². The molecule has 8 heteroatoms. The average molecular weight is 343 g/mol. The van der Waals surface area contributed by atoms with Crippen molar-refractivity contribution in [1.82, 2.24) is 25.2 Å². The Morgan fingerprint density at radius 2 is 1.96 bits per heavy atom. The second kappa shape index (κ2) is 6.27. The van der Waals surface area contributed by atoms with Crippen molar-refractivity contribution in [3.8, 4) is 5.69 Å². The van der Waals surface area contributed by atoms with E-state index in [1.165, 1.54) is 35.3 Å². The number of hydrogen-bond acceptors (Lipinski definition) is 4. The minimum absolute atomic E-state index is 0.00919. The first-order valence-corrected chi connectivity index (χ1v) is 8.40. The molecule has 0 unspecified atom stereocenters. The number of fused-ring (bicyclic) bond motifs is 1. The van der Waals surface area contributed by atoms with Crippen LogP contribution in [0, 0.1) is 5.82 Å². The molecule has 2 amide bonds. The lowest BCUT2D eigenvalue weighted by molar-refractivity contribution is -0.127. The number of carbonyl (C=O) groups is 2. The number of halogens is 1. The molecule has 4 rings (SSSR count). The van der Waals surface area contributed by atoms with Gasteiger partial charge in [-0.2, -0.15) is 9.90 Å². The van der Waals surface area contributed by atoms with Crippen LogP contribution in [0.25, 0.3) is 5.69 Å². The smallest absolute Gasteiger partial charge is 0.276 e. The fraction of sp³-hybridized carbons (Fsp3) is 0.412. The lowest BCUT2D eigenvalue weighted by Crippen LogP contribution is -2.62. The molecule has 7 nitrogen and oxygen atoms in total. The molecular weight excluding hydrogens is 325 g/mol. The van der Waals surface area contributed by atoms with E-state index < -0.39 is 0 Å². The van der Waals surface area contributed by atoms with Gasteiger partial charge in [0.25, 0.3) is 5.91 Å². The fourth-order valence-electron chi connectivity index (χ4n) is 3.61. The monoisotopic (exact) mass is 343 g/mol. The molecule has 0 radical (unpaired) electrons. The van der Waals surface area contributed by atoms with Gasteiger partial charge in [0.2, 0.25) is 5.91 Å². The van der Waals surface area contributed by atoms with Gasteiger partial charge in [-0.1, -0.05) is 12.8 Å². The number of hydrogen-bond donors (Lipinski definition) is 1. The summed E-state index contributed by atoms with van der Waals surface area (Å²) in [6.45, 7) is 0.0450. The van der Waals surface area contributed by atoms with E-state index in [1.54, 1.807) is 4.90 Å². The van der Waals surface area contributed by atoms with Gasteiger partial charge >= 0.3 is 0 Å². The molecule has 1 aliphatic heterocycles. The Balaban J connectivity index is 1.58. The zero-order valence-electron chi connectivity index (χ0n) is 13.6. The van der Waals surface area contributed by atoms with Gasteiger partial charge in [0.05, 0.1) is 17.9 Å². The molecule has 1 saturated carbocycles. The highest BCUT2D eigenvalue weighted by Gasteiger charge is 2.39. The van der Waals surface area contributed by atoms with Crippen LogP contribution < -0.4 is 5.32 Å². The third-order valence-electron chi connectivity index (χ3n) is 4.82. The van der Waals surface area contributed by atoms with E-state index in [-0.39, 0.29) is 42.0 Å². The third kappa shape index (κ3) is 2.99. The Labute approximate surface area is 143 Å². The fourth-order valence-corrected chi connectivity index (χ4v) is 3.61. The van der Waals surface area contributed by atoms with Gasteiger partial charge in [0.1, 0.15) is 12.4 Å². The largest absolute Gasteiger partial charge is 0.350 e. The van der Waals surface area contributed by atoms with Gasteiger partial charge < -0.3 is 10.2 Å². The second-order valence-corrected chi connectivity index (χ2v) is 6.45. The molecule has 1 aromatic heterocycles. The molecule has 0 spiro atoms. The van der Waals surface area contributed by atoms with Crippen LogP contribution >= 0.6 is 0 Å². The van der Waals surface area contributed by atoms with E-state index in [2.05, 4.69) is 15.5 Å². The maximum atomic E-state index is 13.0. The minimum atomic E-state index is -0.352. The van der Waals surface area contributed by atoms with E-state index in [0.29, 0.717) is 5.69 Å². The normalized spacial score (nSPS) is 23.1. The zero-order chi connectivity index (χ0) is 17.4. The maximum absolute atomic E-state index is 13.0. The summed E-state index contributed by atoms with van der Waals surface area (Å²) in [5.41, 5.74) is 0.746. The van der Waals surface area contributed by atoms with Crippen molar-refractivity contribution >= 4 is 11.8 Å². The van der Waals surface area contributed by atoms with Crippen molar-refractivity contribution in [2.45, 2.75) is 37.8 Å². The summed E-state index contributed by atoms with van der Waals surface area (Å²) >= 11 is 0. The van der Waals surface area contributed by atoms with Gasteiger partial charge in [-0.25, -0.2) is 4.39 Å². The quantitative estimate of drug-likeness (QED) is 0.891. The van der Waals surface area contributed by atoms with E-state index in [9.17, 15) is 14.0 Å². The highest BCUT2D eigenvalue weighted by atomic mass is 19.1. The average Bonchev–Trinajstić information content (AvgIpc) is 3.11. The first-order chi connectivity index (χ1) is 12.1. The lowest BCUT2D eigenvalue weighted by Gasteiger charge is -2.43. The molecule has 130 valence electrons. The van der Waals surface area contributed by atoms with Crippen LogP contribution in [-0.2, 0) is 4.79 Å². The van der Waals surface area contributed by atoms with Crippen molar-refractivity contribution in [3.63, 3.8) is 0 Å². The number of carbonyl (C=O) groups excluding carboxylic acids is 2. The predicted octanol–water partition coefficient (Wildman–Crippen LogP) is 1.29. The standard InChI is InChI=1S/C17H18FN5O2/c18-11-5-7-12(8-6-11)23-19-9-14(21-23)17(25)22-10-16(24)20-13-3-1-2-4-15(13)22/h5-9,13,15H,1-4,10H2,(H,20,24)/t13-,15-/m0/s1. The van der Waals surface area contributed by atoms with Crippen LogP contribution in [0.2, 0.25) is 0 Å².